The van der Waals surface area contributed by atoms with Crippen LogP contribution in [0.15, 0.2) is 57.9 Å². The lowest BCUT2D eigenvalue weighted by molar-refractivity contribution is 0.124. The first-order valence-electron chi connectivity index (χ1n) is 10.1. The largest absolute Gasteiger partial charge is 0.337 e. The van der Waals surface area contributed by atoms with E-state index in [1.54, 1.807) is 16.4 Å². The van der Waals surface area contributed by atoms with Crippen LogP contribution < -0.4 is 0 Å². The second-order valence-electron chi connectivity index (χ2n) is 7.68. The van der Waals surface area contributed by atoms with E-state index < -0.39 is 10.0 Å². The van der Waals surface area contributed by atoms with Gasteiger partial charge in [0.05, 0.1) is 10.9 Å². The fourth-order valence-electron chi connectivity index (χ4n) is 3.62. The van der Waals surface area contributed by atoms with Crippen molar-refractivity contribution >= 4 is 10.0 Å². The van der Waals surface area contributed by atoms with Crippen LogP contribution in [0.2, 0.25) is 0 Å². The van der Waals surface area contributed by atoms with Crippen LogP contribution in [0, 0.1) is 13.8 Å². The molecule has 0 radical (unpaired) electrons. The highest BCUT2D eigenvalue weighted by Gasteiger charge is 2.32. The second kappa shape index (κ2) is 8.29. The molecule has 0 amide bonds. The minimum absolute atomic E-state index is 0.0820. The Morgan fingerprint density at radius 3 is 2.33 bits per heavy atom. The molecular formula is C22H26N4O3S. The topological polar surface area (TPSA) is 79.5 Å². The highest BCUT2D eigenvalue weighted by atomic mass is 32.2. The lowest BCUT2D eigenvalue weighted by Gasteiger charge is -2.36. The van der Waals surface area contributed by atoms with Crippen molar-refractivity contribution in [3.63, 3.8) is 0 Å². The number of aromatic nitrogens is 2. The Bertz CT molecular complexity index is 1120. The molecule has 0 saturated carbocycles. The third kappa shape index (κ3) is 4.03. The van der Waals surface area contributed by atoms with Gasteiger partial charge in [-0.15, -0.1) is 0 Å². The van der Waals surface area contributed by atoms with Crippen molar-refractivity contribution < 1.29 is 12.9 Å². The third-order valence-electron chi connectivity index (χ3n) is 5.77. The van der Waals surface area contributed by atoms with E-state index in [1.165, 1.54) is 0 Å². The summed E-state index contributed by atoms with van der Waals surface area (Å²) >= 11 is 0. The molecule has 2 heterocycles. The number of rotatable bonds is 5. The molecule has 8 heteroatoms. The van der Waals surface area contributed by atoms with Crippen LogP contribution in [0.25, 0.3) is 11.4 Å². The summed E-state index contributed by atoms with van der Waals surface area (Å²) in [4.78, 5) is 7.07. The molecule has 7 nitrogen and oxygen atoms in total. The fourth-order valence-corrected chi connectivity index (χ4v) is 5.13. The van der Waals surface area contributed by atoms with Gasteiger partial charge in [-0.2, -0.15) is 9.29 Å². The van der Waals surface area contributed by atoms with Crippen molar-refractivity contribution in [2.45, 2.75) is 31.7 Å². The molecule has 1 fully saturated rings. The summed E-state index contributed by atoms with van der Waals surface area (Å²) in [7, 11) is -3.49. The Morgan fingerprint density at radius 1 is 0.967 bits per heavy atom. The van der Waals surface area contributed by atoms with E-state index in [0.29, 0.717) is 42.8 Å². The molecule has 2 aromatic carbocycles. The normalized spacial score (nSPS) is 17.2. The van der Waals surface area contributed by atoms with Crippen LogP contribution in [-0.2, 0) is 10.0 Å². The Kier molecular flexibility index (Phi) is 5.73. The molecule has 1 aliphatic heterocycles. The summed E-state index contributed by atoms with van der Waals surface area (Å²) < 4.78 is 33.1. The predicted octanol–water partition coefficient (Wildman–Crippen LogP) is 3.42. The number of benzene rings is 2. The molecule has 1 saturated heterocycles. The average molecular weight is 427 g/mol. The van der Waals surface area contributed by atoms with E-state index >= 15 is 0 Å². The van der Waals surface area contributed by atoms with Gasteiger partial charge < -0.3 is 4.52 Å². The Morgan fingerprint density at radius 2 is 1.67 bits per heavy atom. The number of hydrogen-bond acceptors (Lipinski definition) is 6. The third-order valence-corrected chi connectivity index (χ3v) is 7.66. The van der Waals surface area contributed by atoms with Crippen molar-refractivity contribution in [3.8, 4) is 11.4 Å². The molecule has 0 N–H and O–H groups in total. The molecule has 1 atom stereocenters. The summed E-state index contributed by atoms with van der Waals surface area (Å²) in [5.41, 5.74) is 2.97. The average Bonchev–Trinajstić information content (AvgIpc) is 3.26. The minimum atomic E-state index is -3.49. The van der Waals surface area contributed by atoms with Crippen LogP contribution >= 0.6 is 0 Å². The summed E-state index contributed by atoms with van der Waals surface area (Å²) in [5, 5.41) is 4.09. The number of nitrogens with zero attached hydrogens (tertiary/aromatic N) is 4. The smallest absolute Gasteiger partial charge is 0.244 e. The van der Waals surface area contributed by atoms with Crippen LogP contribution in [0.1, 0.15) is 30.0 Å². The van der Waals surface area contributed by atoms with Crippen LogP contribution in [-0.4, -0.2) is 53.9 Å². The van der Waals surface area contributed by atoms with E-state index in [2.05, 4.69) is 15.0 Å². The van der Waals surface area contributed by atoms with Gasteiger partial charge in [-0.25, -0.2) is 8.42 Å². The van der Waals surface area contributed by atoms with Gasteiger partial charge in [0.25, 0.3) is 0 Å². The number of aryl methyl sites for hydroxylation is 2. The zero-order valence-electron chi connectivity index (χ0n) is 17.4. The molecule has 4 rings (SSSR count). The first-order valence-corrected chi connectivity index (χ1v) is 11.5. The van der Waals surface area contributed by atoms with Crippen LogP contribution in [0.5, 0.6) is 0 Å². The summed E-state index contributed by atoms with van der Waals surface area (Å²) in [6, 6.07) is 14.9. The molecule has 1 unspecified atom stereocenters. The number of sulfonamides is 1. The number of piperazine rings is 1. The van der Waals surface area contributed by atoms with E-state index in [-0.39, 0.29) is 6.04 Å². The van der Waals surface area contributed by atoms with Gasteiger partial charge in [0.1, 0.15) is 0 Å². The monoisotopic (exact) mass is 426 g/mol. The SMILES string of the molecule is Cc1ccc(S(=O)(=O)N2CCN(C(C)c3nc(-c4ccccc4)no3)CC2)cc1C. The molecule has 3 aromatic rings. The molecule has 0 aliphatic carbocycles. The van der Waals surface area contributed by atoms with Gasteiger partial charge in [0, 0.05) is 31.7 Å². The molecule has 0 spiro atoms. The lowest BCUT2D eigenvalue weighted by atomic mass is 10.1. The Labute approximate surface area is 177 Å². The highest BCUT2D eigenvalue weighted by Crippen LogP contribution is 2.26. The molecule has 0 bridgehead atoms. The summed E-state index contributed by atoms with van der Waals surface area (Å²) in [6.45, 7) is 7.99. The fraction of sp³-hybridized carbons (Fsp3) is 0.364. The van der Waals surface area contributed by atoms with Gasteiger partial charge in [0.15, 0.2) is 0 Å². The lowest BCUT2D eigenvalue weighted by Crippen LogP contribution is -2.49. The zero-order valence-corrected chi connectivity index (χ0v) is 18.3. The number of hydrogen-bond donors (Lipinski definition) is 0. The first kappa shape index (κ1) is 20.7. The quantitative estimate of drug-likeness (QED) is 0.622. The Balaban J connectivity index is 1.43. The van der Waals surface area contributed by atoms with Gasteiger partial charge in [-0.05, 0) is 44.0 Å². The minimum Gasteiger partial charge on any atom is -0.337 e. The van der Waals surface area contributed by atoms with Crippen LogP contribution in [0.4, 0.5) is 0 Å². The summed E-state index contributed by atoms with van der Waals surface area (Å²) in [5.74, 6) is 1.10. The van der Waals surface area contributed by atoms with Crippen molar-refractivity contribution in [3.05, 3.63) is 65.5 Å². The van der Waals surface area contributed by atoms with Crippen molar-refractivity contribution in [1.82, 2.24) is 19.3 Å². The molecule has 1 aromatic heterocycles. The summed E-state index contributed by atoms with van der Waals surface area (Å²) in [6.07, 6.45) is 0. The van der Waals surface area contributed by atoms with Crippen molar-refractivity contribution in [2.75, 3.05) is 26.2 Å². The van der Waals surface area contributed by atoms with Crippen LogP contribution in [0.3, 0.4) is 0 Å². The molecule has 1 aliphatic rings. The molecular weight excluding hydrogens is 400 g/mol. The van der Waals surface area contributed by atoms with E-state index in [0.717, 1.165) is 16.7 Å². The zero-order chi connectivity index (χ0) is 21.3. The van der Waals surface area contributed by atoms with E-state index in [9.17, 15) is 8.42 Å². The van der Waals surface area contributed by atoms with Gasteiger partial charge in [-0.1, -0.05) is 41.6 Å². The maximum absolute atomic E-state index is 13.0. The Hall–Kier alpha value is -2.55. The standard InChI is InChI=1S/C22H26N4O3S/c1-16-9-10-20(15-17(16)2)30(27,28)26-13-11-25(12-14-26)18(3)22-23-21(24-29-22)19-7-5-4-6-8-19/h4-10,15,18H,11-14H2,1-3H3. The van der Waals surface area contributed by atoms with Crippen molar-refractivity contribution in [2.24, 2.45) is 0 Å². The highest BCUT2D eigenvalue weighted by molar-refractivity contribution is 7.89. The van der Waals surface area contributed by atoms with Gasteiger partial charge in [-0.3, -0.25) is 4.90 Å². The van der Waals surface area contributed by atoms with Gasteiger partial charge >= 0.3 is 0 Å². The van der Waals surface area contributed by atoms with E-state index in [1.807, 2.05) is 57.2 Å². The van der Waals surface area contributed by atoms with Gasteiger partial charge in [0.2, 0.25) is 21.7 Å². The first-order chi connectivity index (χ1) is 14.4. The molecule has 158 valence electrons. The van der Waals surface area contributed by atoms with E-state index in [4.69, 9.17) is 4.52 Å². The second-order valence-corrected chi connectivity index (χ2v) is 9.62. The molecule has 30 heavy (non-hydrogen) atoms. The maximum Gasteiger partial charge on any atom is 0.244 e. The van der Waals surface area contributed by atoms with Crippen molar-refractivity contribution in [1.29, 1.82) is 0 Å². The predicted molar refractivity (Wildman–Crippen MR) is 114 cm³/mol. The maximum atomic E-state index is 13.0.